The number of amides is 1. The van der Waals surface area contributed by atoms with Crippen LogP contribution in [-0.4, -0.2) is 27.2 Å². The Morgan fingerprint density at radius 3 is 3.13 bits per heavy atom. The number of nitrogens with zero attached hydrogens (tertiary/aromatic N) is 1. The van der Waals surface area contributed by atoms with Crippen LogP contribution in [0.1, 0.15) is 25.6 Å². The largest absolute Gasteiger partial charge is 0.355 e. The summed E-state index contributed by atoms with van der Waals surface area (Å²) in [4.78, 5) is 18.4. The lowest BCUT2D eigenvalue weighted by Gasteiger charge is -2.07. The number of H-pyrrole nitrogens is 1. The van der Waals surface area contributed by atoms with Crippen LogP contribution in [-0.2, 0) is 11.2 Å². The molecule has 2 N–H and O–H groups in total. The quantitative estimate of drug-likeness (QED) is 0.612. The van der Waals surface area contributed by atoms with Crippen molar-refractivity contribution in [3.63, 3.8) is 0 Å². The molecule has 1 amide bonds. The Morgan fingerprint density at radius 1 is 1.73 bits per heavy atom. The van der Waals surface area contributed by atoms with E-state index in [1.54, 1.807) is 12.4 Å². The van der Waals surface area contributed by atoms with Crippen molar-refractivity contribution >= 4 is 21.8 Å². The third-order valence-electron chi connectivity index (χ3n) is 2.09. The number of aromatic nitrogens is 2. The number of aryl methyl sites for hydroxylation is 1. The highest BCUT2D eigenvalue weighted by Crippen LogP contribution is 2.03. The zero-order valence-corrected chi connectivity index (χ0v) is 10.4. The van der Waals surface area contributed by atoms with Gasteiger partial charge in [0.05, 0.1) is 4.83 Å². The van der Waals surface area contributed by atoms with Gasteiger partial charge in [-0.2, -0.15) is 0 Å². The Bertz CT molecular complexity index is 287. The van der Waals surface area contributed by atoms with Crippen LogP contribution < -0.4 is 5.32 Å². The van der Waals surface area contributed by atoms with E-state index in [2.05, 4.69) is 31.2 Å². The molecule has 15 heavy (non-hydrogen) atoms. The van der Waals surface area contributed by atoms with Gasteiger partial charge in [-0.25, -0.2) is 4.98 Å². The van der Waals surface area contributed by atoms with Gasteiger partial charge in [-0.1, -0.05) is 22.9 Å². The molecule has 0 radical (unpaired) electrons. The highest BCUT2D eigenvalue weighted by molar-refractivity contribution is 9.10. The van der Waals surface area contributed by atoms with E-state index in [4.69, 9.17) is 0 Å². The number of hydrogen-bond acceptors (Lipinski definition) is 2. The summed E-state index contributed by atoms with van der Waals surface area (Å²) >= 11 is 3.30. The van der Waals surface area contributed by atoms with E-state index in [1.165, 1.54) is 0 Å². The fraction of sp³-hybridized carbons (Fsp3) is 0.600. The number of rotatable bonds is 6. The lowest BCUT2D eigenvalue weighted by Crippen LogP contribution is -2.31. The molecule has 5 heteroatoms. The summed E-state index contributed by atoms with van der Waals surface area (Å²) < 4.78 is 0. The first-order chi connectivity index (χ1) is 7.24. The summed E-state index contributed by atoms with van der Waals surface area (Å²) in [6.45, 7) is 2.67. The molecule has 0 saturated heterocycles. The second-order valence-electron chi connectivity index (χ2n) is 3.31. The molecule has 1 aromatic heterocycles. The van der Waals surface area contributed by atoms with E-state index in [0.29, 0.717) is 6.54 Å². The number of carbonyl (C=O) groups is 1. The van der Waals surface area contributed by atoms with Crippen molar-refractivity contribution in [3.8, 4) is 0 Å². The molecule has 1 aromatic rings. The van der Waals surface area contributed by atoms with Gasteiger partial charge in [0.15, 0.2) is 0 Å². The van der Waals surface area contributed by atoms with E-state index < -0.39 is 0 Å². The molecular weight excluding hydrogens is 258 g/mol. The average Bonchev–Trinajstić information content (AvgIpc) is 2.75. The Kier molecular flexibility index (Phi) is 5.39. The van der Waals surface area contributed by atoms with E-state index in [9.17, 15) is 4.79 Å². The Hall–Kier alpha value is -0.840. The number of alkyl halides is 1. The van der Waals surface area contributed by atoms with Gasteiger partial charge in [-0.3, -0.25) is 4.79 Å². The third-order valence-corrected chi connectivity index (χ3v) is 3.15. The molecule has 0 spiro atoms. The minimum Gasteiger partial charge on any atom is -0.355 e. The molecule has 0 aromatic carbocycles. The maximum Gasteiger partial charge on any atom is 0.233 e. The van der Waals surface area contributed by atoms with Crippen molar-refractivity contribution in [2.75, 3.05) is 6.54 Å². The summed E-state index contributed by atoms with van der Waals surface area (Å²) in [6, 6.07) is 0. The first-order valence-electron chi connectivity index (χ1n) is 5.14. The summed E-state index contributed by atoms with van der Waals surface area (Å²) in [5.74, 6) is 1.03. The summed E-state index contributed by atoms with van der Waals surface area (Å²) in [5.41, 5.74) is 0. The Labute approximate surface area is 98.0 Å². The molecule has 1 heterocycles. The Balaban J connectivity index is 2.09. The second-order valence-corrected chi connectivity index (χ2v) is 4.41. The van der Waals surface area contributed by atoms with Crippen molar-refractivity contribution in [3.05, 3.63) is 18.2 Å². The van der Waals surface area contributed by atoms with Crippen LogP contribution >= 0.6 is 15.9 Å². The van der Waals surface area contributed by atoms with Crippen LogP contribution in [0.2, 0.25) is 0 Å². The first kappa shape index (κ1) is 12.2. The van der Waals surface area contributed by atoms with E-state index in [-0.39, 0.29) is 10.7 Å². The highest BCUT2D eigenvalue weighted by atomic mass is 79.9. The predicted octanol–water partition coefficient (Wildman–Crippen LogP) is 1.63. The van der Waals surface area contributed by atoms with Crippen molar-refractivity contribution < 1.29 is 4.79 Å². The van der Waals surface area contributed by atoms with Gasteiger partial charge < -0.3 is 10.3 Å². The van der Waals surface area contributed by atoms with Gasteiger partial charge in [-0.15, -0.1) is 0 Å². The van der Waals surface area contributed by atoms with Crippen LogP contribution in [0.4, 0.5) is 0 Å². The molecule has 4 nitrogen and oxygen atoms in total. The highest BCUT2D eigenvalue weighted by Gasteiger charge is 2.10. The van der Waals surface area contributed by atoms with Crippen LogP contribution in [0, 0.1) is 0 Å². The molecule has 0 saturated carbocycles. The minimum atomic E-state index is -0.0684. The average molecular weight is 274 g/mol. The van der Waals surface area contributed by atoms with Crippen molar-refractivity contribution in [1.29, 1.82) is 0 Å². The maximum absolute atomic E-state index is 11.4. The lowest BCUT2D eigenvalue weighted by molar-refractivity contribution is -0.120. The van der Waals surface area contributed by atoms with Gasteiger partial charge in [0.1, 0.15) is 5.82 Å². The van der Waals surface area contributed by atoms with Crippen LogP contribution in [0.15, 0.2) is 12.4 Å². The number of aromatic amines is 1. The van der Waals surface area contributed by atoms with Crippen LogP contribution in [0.25, 0.3) is 0 Å². The van der Waals surface area contributed by atoms with Crippen LogP contribution in [0.3, 0.4) is 0 Å². The summed E-state index contributed by atoms with van der Waals surface area (Å²) in [6.07, 6.45) is 6.12. The number of nitrogens with one attached hydrogen (secondary N) is 2. The molecule has 84 valence electrons. The van der Waals surface area contributed by atoms with Gasteiger partial charge in [-0.05, 0) is 12.8 Å². The molecule has 0 fully saturated rings. The predicted molar refractivity (Wildman–Crippen MR) is 62.9 cm³/mol. The fourth-order valence-electron chi connectivity index (χ4n) is 1.20. The molecular formula is C10H16BrN3O. The zero-order valence-electron chi connectivity index (χ0n) is 8.79. The topological polar surface area (TPSA) is 57.8 Å². The molecule has 0 aliphatic carbocycles. The fourth-order valence-corrected chi connectivity index (χ4v) is 1.36. The maximum atomic E-state index is 11.4. The number of halogens is 1. The molecule has 0 aliphatic rings. The third kappa shape index (κ3) is 4.46. The van der Waals surface area contributed by atoms with Crippen molar-refractivity contribution in [1.82, 2.24) is 15.3 Å². The first-order valence-corrected chi connectivity index (χ1v) is 6.05. The molecule has 1 atom stereocenters. The monoisotopic (exact) mass is 273 g/mol. The van der Waals surface area contributed by atoms with Crippen molar-refractivity contribution in [2.24, 2.45) is 0 Å². The van der Waals surface area contributed by atoms with Gasteiger partial charge in [0.25, 0.3) is 0 Å². The standard InChI is InChI=1S/C10H16BrN3O/c1-2-8(11)10(15)14-5-3-4-9-12-6-7-13-9/h6-8H,2-5H2,1H3,(H,12,13)(H,14,15). The SMILES string of the molecule is CCC(Br)C(=O)NCCCc1ncc[nH]1. The van der Waals surface area contributed by atoms with Crippen LogP contribution in [0.5, 0.6) is 0 Å². The smallest absolute Gasteiger partial charge is 0.233 e. The Morgan fingerprint density at radius 2 is 2.53 bits per heavy atom. The minimum absolute atomic E-state index is 0.0666. The zero-order chi connectivity index (χ0) is 11.1. The van der Waals surface area contributed by atoms with Gasteiger partial charge in [0.2, 0.25) is 5.91 Å². The molecule has 1 unspecified atom stereocenters. The van der Waals surface area contributed by atoms with E-state index in [1.807, 2.05) is 6.92 Å². The summed E-state index contributed by atoms with van der Waals surface area (Å²) in [5, 5.41) is 2.87. The van der Waals surface area contributed by atoms with Gasteiger partial charge >= 0.3 is 0 Å². The second kappa shape index (κ2) is 6.61. The number of carbonyl (C=O) groups excluding carboxylic acids is 1. The molecule has 0 aliphatic heterocycles. The summed E-state index contributed by atoms with van der Waals surface area (Å²) in [7, 11) is 0. The normalized spacial score (nSPS) is 12.4. The number of imidazole rings is 1. The molecule has 0 bridgehead atoms. The van der Waals surface area contributed by atoms with Crippen molar-refractivity contribution in [2.45, 2.75) is 31.0 Å². The van der Waals surface area contributed by atoms with E-state index in [0.717, 1.165) is 25.1 Å². The number of hydrogen-bond donors (Lipinski definition) is 2. The lowest BCUT2D eigenvalue weighted by atomic mass is 10.3. The van der Waals surface area contributed by atoms with Gasteiger partial charge in [0, 0.05) is 25.4 Å². The van der Waals surface area contributed by atoms with E-state index >= 15 is 0 Å². The molecule has 1 rings (SSSR count).